The molecule has 3 aromatic carbocycles. The standard InChI is InChI=1S/C21H22N2O4S/c1-14-8-9-15(2)20(12-14)28(25,26)23-22-21(24)16(3)27-19-11-10-17-6-4-5-7-18(17)13-19/h4-13,16,23H,1-3H3,(H,22,24)/t16-/m0/s1. The molecule has 0 aliphatic rings. The second-order valence-electron chi connectivity index (χ2n) is 6.63. The van der Waals surface area contributed by atoms with Gasteiger partial charge in [0.25, 0.3) is 15.9 Å². The Labute approximate surface area is 164 Å². The molecule has 0 aliphatic heterocycles. The molecule has 0 unspecified atom stereocenters. The van der Waals surface area contributed by atoms with E-state index in [1.807, 2.05) is 42.5 Å². The second-order valence-corrected chi connectivity index (χ2v) is 8.28. The van der Waals surface area contributed by atoms with Crippen LogP contribution in [0.1, 0.15) is 18.1 Å². The maximum atomic E-state index is 12.5. The molecule has 28 heavy (non-hydrogen) atoms. The van der Waals surface area contributed by atoms with Crippen molar-refractivity contribution in [3.63, 3.8) is 0 Å². The van der Waals surface area contributed by atoms with Gasteiger partial charge in [-0.1, -0.05) is 42.5 Å². The summed E-state index contributed by atoms with van der Waals surface area (Å²) in [5.41, 5.74) is 3.62. The van der Waals surface area contributed by atoms with Gasteiger partial charge < -0.3 is 4.74 Å². The predicted molar refractivity (Wildman–Crippen MR) is 108 cm³/mol. The number of carbonyl (C=O) groups excluding carboxylic acids is 1. The first kappa shape index (κ1) is 19.9. The van der Waals surface area contributed by atoms with E-state index in [2.05, 4.69) is 10.3 Å². The van der Waals surface area contributed by atoms with Gasteiger partial charge in [-0.05, 0) is 60.9 Å². The average molecular weight is 398 g/mol. The monoisotopic (exact) mass is 398 g/mol. The van der Waals surface area contributed by atoms with Crippen LogP contribution >= 0.6 is 0 Å². The molecule has 1 amide bonds. The van der Waals surface area contributed by atoms with Crippen LogP contribution in [0.4, 0.5) is 0 Å². The highest BCUT2D eigenvalue weighted by molar-refractivity contribution is 7.89. The summed E-state index contributed by atoms with van der Waals surface area (Å²) >= 11 is 0. The first-order valence-corrected chi connectivity index (χ1v) is 10.3. The molecule has 3 aromatic rings. The highest BCUT2D eigenvalue weighted by Gasteiger charge is 2.21. The number of ether oxygens (including phenoxy) is 1. The lowest BCUT2D eigenvalue weighted by Crippen LogP contribution is -2.47. The van der Waals surface area contributed by atoms with Gasteiger partial charge in [-0.15, -0.1) is 4.83 Å². The molecule has 2 N–H and O–H groups in total. The zero-order chi connectivity index (χ0) is 20.3. The minimum atomic E-state index is -3.88. The number of aryl methyl sites for hydroxylation is 2. The van der Waals surface area contributed by atoms with E-state index in [-0.39, 0.29) is 4.90 Å². The number of rotatable bonds is 6. The fourth-order valence-corrected chi connectivity index (χ4v) is 3.95. The summed E-state index contributed by atoms with van der Waals surface area (Å²) in [6, 6.07) is 18.4. The topological polar surface area (TPSA) is 84.5 Å². The van der Waals surface area contributed by atoms with E-state index in [0.29, 0.717) is 11.3 Å². The van der Waals surface area contributed by atoms with Crippen molar-refractivity contribution in [3.8, 4) is 5.75 Å². The molecule has 0 aliphatic carbocycles. The number of benzene rings is 3. The van der Waals surface area contributed by atoms with Gasteiger partial charge in [0, 0.05) is 0 Å². The average Bonchev–Trinajstić information content (AvgIpc) is 2.67. The highest BCUT2D eigenvalue weighted by Crippen LogP contribution is 2.21. The molecule has 146 valence electrons. The van der Waals surface area contributed by atoms with Crippen molar-refractivity contribution in [2.45, 2.75) is 31.8 Å². The molecule has 0 bridgehead atoms. The summed E-state index contributed by atoms with van der Waals surface area (Å²) in [7, 11) is -3.88. The summed E-state index contributed by atoms with van der Waals surface area (Å²) in [4.78, 5) is 14.5. The Hall–Kier alpha value is -2.90. The molecule has 0 spiro atoms. The molecule has 0 saturated carbocycles. The van der Waals surface area contributed by atoms with Crippen LogP contribution < -0.4 is 15.0 Å². The summed E-state index contributed by atoms with van der Waals surface area (Å²) in [6.45, 7) is 5.05. The minimum absolute atomic E-state index is 0.121. The van der Waals surface area contributed by atoms with Crippen molar-refractivity contribution in [2.75, 3.05) is 0 Å². The Morgan fingerprint density at radius 3 is 2.43 bits per heavy atom. The summed E-state index contributed by atoms with van der Waals surface area (Å²) in [5.74, 6) is -0.0687. The van der Waals surface area contributed by atoms with Crippen LogP contribution in [0.15, 0.2) is 65.6 Å². The van der Waals surface area contributed by atoms with E-state index in [4.69, 9.17) is 4.74 Å². The Morgan fingerprint density at radius 2 is 1.68 bits per heavy atom. The summed E-state index contributed by atoms with van der Waals surface area (Å²) in [5, 5.41) is 2.05. The lowest BCUT2D eigenvalue weighted by atomic mass is 10.1. The molecule has 0 saturated heterocycles. The van der Waals surface area contributed by atoms with Crippen molar-refractivity contribution in [1.82, 2.24) is 10.3 Å². The predicted octanol–water partition coefficient (Wildman–Crippen LogP) is 3.23. The maximum Gasteiger partial charge on any atom is 0.275 e. The molecule has 0 fully saturated rings. The highest BCUT2D eigenvalue weighted by atomic mass is 32.2. The molecule has 3 rings (SSSR count). The molecular weight excluding hydrogens is 376 g/mol. The Bertz CT molecular complexity index is 1130. The van der Waals surface area contributed by atoms with Gasteiger partial charge in [0.1, 0.15) is 5.75 Å². The lowest BCUT2D eigenvalue weighted by Gasteiger charge is -2.16. The number of amides is 1. The van der Waals surface area contributed by atoms with Gasteiger partial charge in [0.05, 0.1) is 4.90 Å². The molecule has 6 nitrogen and oxygen atoms in total. The zero-order valence-electron chi connectivity index (χ0n) is 15.9. The Morgan fingerprint density at radius 1 is 0.964 bits per heavy atom. The van der Waals surface area contributed by atoms with Gasteiger partial charge in [-0.25, -0.2) is 8.42 Å². The Kier molecular flexibility index (Phi) is 5.67. The molecular formula is C21H22N2O4S. The number of hydrogen-bond acceptors (Lipinski definition) is 4. The first-order valence-electron chi connectivity index (χ1n) is 8.80. The van der Waals surface area contributed by atoms with Crippen LogP contribution in [0.25, 0.3) is 10.8 Å². The molecule has 7 heteroatoms. The van der Waals surface area contributed by atoms with E-state index in [0.717, 1.165) is 16.3 Å². The third-order valence-electron chi connectivity index (χ3n) is 4.34. The lowest BCUT2D eigenvalue weighted by molar-refractivity contribution is -0.127. The molecule has 0 heterocycles. The van der Waals surface area contributed by atoms with E-state index in [1.165, 1.54) is 0 Å². The van der Waals surface area contributed by atoms with Crippen molar-refractivity contribution < 1.29 is 17.9 Å². The van der Waals surface area contributed by atoms with Gasteiger partial charge >= 0.3 is 0 Å². The zero-order valence-corrected chi connectivity index (χ0v) is 16.7. The van der Waals surface area contributed by atoms with Gasteiger partial charge in [-0.2, -0.15) is 0 Å². The van der Waals surface area contributed by atoms with Crippen molar-refractivity contribution in [3.05, 3.63) is 71.8 Å². The summed E-state index contributed by atoms with van der Waals surface area (Å²) in [6.07, 6.45) is -0.887. The first-order chi connectivity index (χ1) is 13.3. The van der Waals surface area contributed by atoms with Gasteiger partial charge in [0.2, 0.25) is 0 Å². The van der Waals surface area contributed by atoms with Crippen LogP contribution in [0.5, 0.6) is 5.75 Å². The third kappa shape index (κ3) is 4.49. The molecule has 0 radical (unpaired) electrons. The summed E-state index contributed by atoms with van der Waals surface area (Å²) < 4.78 is 30.6. The van der Waals surface area contributed by atoms with E-state index >= 15 is 0 Å². The van der Waals surface area contributed by atoms with Crippen LogP contribution in [-0.2, 0) is 14.8 Å². The smallest absolute Gasteiger partial charge is 0.275 e. The second kappa shape index (κ2) is 8.00. The van der Waals surface area contributed by atoms with Crippen LogP contribution in [0.3, 0.4) is 0 Å². The van der Waals surface area contributed by atoms with E-state index < -0.39 is 22.0 Å². The van der Waals surface area contributed by atoms with E-state index in [1.54, 1.807) is 39.0 Å². The Balaban J connectivity index is 1.65. The number of fused-ring (bicyclic) bond motifs is 1. The number of sulfonamides is 1. The number of nitrogens with one attached hydrogen (secondary N) is 2. The fraction of sp³-hybridized carbons (Fsp3) is 0.190. The normalized spacial score (nSPS) is 12.5. The van der Waals surface area contributed by atoms with Crippen LogP contribution in [0.2, 0.25) is 0 Å². The number of hydrazine groups is 1. The van der Waals surface area contributed by atoms with Crippen LogP contribution in [0, 0.1) is 13.8 Å². The van der Waals surface area contributed by atoms with E-state index in [9.17, 15) is 13.2 Å². The fourth-order valence-electron chi connectivity index (χ4n) is 2.77. The minimum Gasteiger partial charge on any atom is -0.481 e. The molecule has 0 aromatic heterocycles. The number of carbonyl (C=O) groups is 1. The quantitative estimate of drug-likeness (QED) is 0.625. The largest absolute Gasteiger partial charge is 0.481 e. The number of hydrogen-bond donors (Lipinski definition) is 2. The SMILES string of the molecule is Cc1ccc(C)c(S(=O)(=O)NNC(=O)[C@H](C)Oc2ccc3ccccc3c2)c1. The van der Waals surface area contributed by atoms with Crippen molar-refractivity contribution >= 4 is 26.7 Å². The van der Waals surface area contributed by atoms with Gasteiger partial charge in [0.15, 0.2) is 6.10 Å². The van der Waals surface area contributed by atoms with Crippen LogP contribution in [-0.4, -0.2) is 20.4 Å². The van der Waals surface area contributed by atoms with Gasteiger partial charge in [-0.3, -0.25) is 10.2 Å². The van der Waals surface area contributed by atoms with Crippen molar-refractivity contribution in [2.24, 2.45) is 0 Å². The van der Waals surface area contributed by atoms with Crippen molar-refractivity contribution in [1.29, 1.82) is 0 Å². The maximum absolute atomic E-state index is 12.5. The molecule has 1 atom stereocenters. The third-order valence-corrected chi connectivity index (χ3v) is 5.73.